The van der Waals surface area contributed by atoms with Crippen molar-refractivity contribution in [2.45, 2.75) is 32.2 Å². The van der Waals surface area contributed by atoms with E-state index < -0.39 is 0 Å². The molecule has 0 aromatic heterocycles. The topological polar surface area (TPSA) is 21.3 Å². The van der Waals surface area contributed by atoms with Crippen LogP contribution in [-0.2, 0) is 12.8 Å². The molecule has 0 bridgehead atoms. The van der Waals surface area contributed by atoms with E-state index >= 15 is 0 Å². The first-order chi connectivity index (χ1) is 7.29. The Labute approximate surface area is 91.6 Å². The Morgan fingerprint density at radius 3 is 2.93 bits per heavy atom. The van der Waals surface area contributed by atoms with Crippen LogP contribution in [0.25, 0.3) is 0 Å². The van der Waals surface area contributed by atoms with E-state index in [0.29, 0.717) is 6.04 Å². The van der Waals surface area contributed by atoms with Crippen molar-refractivity contribution in [3.63, 3.8) is 0 Å². The molecule has 1 aliphatic carbocycles. The summed E-state index contributed by atoms with van der Waals surface area (Å²) in [6.45, 7) is 2.85. The molecule has 0 fully saturated rings. The SMILES string of the molecule is CNC(C)COc1ccc2c(c1)CCC2. The fraction of sp³-hybridized carbons (Fsp3) is 0.538. The van der Waals surface area contributed by atoms with Gasteiger partial charge in [-0.1, -0.05) is 6.07 Å². The largest absolute Gasteiger partial charge is 0.492 e. The third kappa shape index (κ3) is 2.51. The maximum atomic E-state index is 5.72. The van der Waals surface area contributed by atoms with E-state index in [2.05, 4.69) is 30.4 Å². The highest BCUT2D eigenvalue weighted by Gasteiger charge is 2.11. The standard InChI is InChI=1S/C13H19NO/c1-10(14-2)9-15-13-7-6-11-4-3-5-12(11)8-13/h6-8,10,14H,3-5,9H2,1-2H3. The lowest BCUT2D eigenvalue weighted by atomic mass is 10.1. The summed E-state index contributed by atoms with van der Waals surface area (Å²) in [5, 5.41) is 3.16. The molecule has 15 heavy (non-hydrogen) atoms. The summed E-state index contributed by atoms with van der Waals surface area (Å²) in [6, 6.07) is 6.90. The molecule has 0 saturated carbocycles. The van der Waals surface area contributed by atoms with E-state index in [0.717, 1.165) is 12.4 Å². The molecule has 1 aromatic carbocycles. The van der Waals surface area contributed by atoms with Crippen LogP contribution in [0.4, 0.5) is 0 Å². The molecule has 1 N–H and O–H groups in total. The summed E-state index contributed by atoms with van der Waals surface area (Å²) < 4.78 is 5.72. The minimum Gasteiger partial charge on any atom is -0.492 e. The number of benzene rings is 1. The second-order valence-electron chi connectivity index (χ2n) is 4.28. The van der Waals surface area contributed by atoms with Crippen molar-refractivity contribution in [1.29, 1.82) is 0 Å². The number of rotatable bonds is 4. The number of hydrogen-bond acceptors (Lipinski definition) is 2. The zero-order valence-corrected chi connectivity index (χ0v) is 9.55. The highest BCUT2D eigenvalue weighted by molar-refractivity contribution is 5.38. The van der Waals surface area contributed by atoms with Crippen LogP contribution < -0.4 is 10.1 Å². The third-order valence-electron chi connectivity index (χ3n) is 3.06. The molecule has 0 aliphatic heterocycles. The van der Waals surface area contributed by atoms with Gasteiger partial charge in [0.15, 0.2) is 0 Å². The second-order valence-corrected chi connectivity index (χ2v) is 4.28. The number of hydrogen-bond donors (Lipinski definition) is 1. The normalized spacial score (nSPS) is 16.1. The summed E-state index contributed by atoms with van der Waals surface area (Å²) in [4.78, 5) is 0. The maximum absolute atomic E-state index is 5.72. The van der Waals surface area contributed by atoms with Gasteiger partial charge in [0.05, 0.1) is 0 Å². The van der Waals surface area contributed by atoms with E-state index in [-0.39, 0.29) is 0 Å². The van der Waals surface area contributed by atoms with Gasteiger partial charge < -0.3 is 10.1 Å². The van der Waals surface area contributed by atoms with Crippen molar-refractivity contribution < 1.29 is 4.74 Å². The van der Waals surface area contributed by atoms with Gasteiger partial charge in [0.2, 0.25) is 0 Å². The van der Waals surface area contributed by atoms with Gasteiger partial charge in [-0.05, 0) is 56.5 Å². The van der Waals surface area contributed by atoms with Gasteiger partial charge in [0.25, 0.3) is 0 Å². The summed E-state index contributed by atoms with van der Waals surface area (Å²) in [5.41, 5.74) is 2.98. The number of nitrogens with one attached hydrogen (secondary N) is 1. The molecule has 0 amide bonds. The summed E-state index contributed by atoms with van der Waals surface area (Å²) >= 11 is 0. The Morgan fingerprint density at radius 1 is 1.33 bits per heavy atom. The van der Waals surface area contributed by atoms with Gasteiger partial charge in [-0.2, -0.15) is 0 Å². The Hall–Kier alpha value is -1.02. The molecule has 1 atom stereocenters. The minimum absolute atomic E-state index is 0.401. The Balaban J connectivity index is 1.98. The fourth-order valence-corrected chi connectivity index (χ4v) is 1.94. The zero-order valence-electron chi connectivity index (χ0n) is 9.55. The van der Waals surface area contributed by atoms with Crippen LogP contribution in [0.2, 0.25) is 0 Å². The molecule has 0 heterocycles. The maximum Gasteiger partial charge on any atom is 0.119 e. The van der Waals surface area contributed by atoms with E-state index in [4.69, 9.17) is 4.74 Å². The predicted octanol–water partition coefficient (Wildman–Crippen LogP) is 2.16. The summed E-state index contributed by atoms with van der Waals surface area (Å²) in [7, 11) is 1.96. The van der Waals surface area contributed by atoms with Gasteiger partial charge >= 0.3 is 0 Å². The number of ether oxygens (including phenoxy) is 1. The predicted molar refractivity (Wildman–Crippen MR) is 62.5 cm³/mol. The molecule has 2 nitrogen and oxygen atoms in total. The van der Waals surface area contributed by atoms with E-state index in [9.17, 15) is 0 Å². The first kappa shape index (κ1) is 10.5. The summed E-state index contributed by atoms with van der Waals surface area (Å²) in [6.07, 6.45) is 3.75. The first-order valence-electron chi connectivity index (χ1n) is 5.71. The van der Waals surface area contributed by atoms with E-state index in [1.165, 1.54) is 30.4 Å². The molecule has 2 heteroatoms. The van der Waals surface area contributed by atoms with Crippen molar-refractivity contribution in [2.24, 2.45) is 0 Å². The van der Waals surface area contributed by atoms with Gasteiger partial charge in [0.1, 0.15) is 12.4 Å². The highest BCUT2D eigenvalue weighted by Crippen LogP contribution is 2.25. The third-order valence-corrected chi connectivity index (χ3v) is 3.06. The smallest absolute Gasteiger partial charge is 0.119 e. The van der Waals surface area contributed by atoms with Gasteiger partial charge in [-0.25, -0.2) is 0 Å². The molecule has 82 valence electrons. The number of fused-ring (bicyclic) bond motifs is 1. The highest BCUT2D eigenvalue weighted by atomic mass is 16.5. The van der Waals surface area contributed by atoms with Crippen molar-refractivity contribution in [2.75, 3.05) is 13.7 Å². The minimum atomic E-state index is 0.401. The van der Waals surface area contributed by atoms with Crippen LogP contribution in [-0.4, -0.2) is 19.7 Å². The average molecular weight is 205 g/mol. The van der Waals surface area contributed by atoms with Crippen molar-refractivity contribution in [1.82, 2.24) is 5.32 Å². The van der Waals surface area contributed by atoms with Gasteiger partial charge in [0, 0.05) is 6.04 Å². The van der Waals surface area contributed by atoms with Crippen LogP contribution in [0.3, 0.4) is 0 Å². The molecule has 1 aliphatic rings. The molecule has 0 radical (unpaired) electrons. The molecule has 0 saturated heterocycles. The average Bonchev–Trinajstić information content (AvgIpc) is 2.72. The summed E-state index contributed by atoms with van der Waals surface area (Å²) in [5.74, 6) is 1.01. The molecule has 0 spiro atoms. The van der Waals surface area contributed by atoms with Crippen LogP contribution in [0.1, 0.15) is 24.5 Å². The fourth-order valence-electron chi connectivity index (χ4n) is 1.94. The van der Waals surface area contributed by atoms with E-state index in [1.54, 1.807) is 0 Å². The Morgan fingerprint density at radius 2 is 2.13 bits per heavy atom. The van der Waals surface area contributed by atoms with Crippen LogP contribution in [0.15, 0.2) is 18.2 Å². The first-order valence-corrected chi connectivity index (χ1v) is 5.71. The Bertz CT molecular complexity index is 335. The van der Waals surface area contributed by atoms with Crippen LogP contribution in [0, 0.1) is 0 Å². The van der Waals surface area contributed by atoms with E-state index in [1.807, 2.05) is 7.05 Å². The zero-order chi connectivity index (χ0) is 10.7. The van der Waals surface area contributed by atoms with Gasteiger partial charge in [-0.3, -0.25) is 0 Å². The lowest BCUT2D eigenvalue weighted by Gasteiger charge is -2.12. The lowest BCUT2D eigenvalue weighted by Crippen LogP contribution is -2.28. The van der Waals surface area contributed by atoms with Gasteiger partial charge in [-0.15, -0.1) is 0 Å². The molecule has 1 aromatic rings. The molecular formula is C13H19NO. The van der Waals surface area contributed by atoms with Crippen LogP contribution in [0.5, 0.6) is 5.75 Å². The quantitative estimate of drug-likeness (QED) is 0.813. The molecular weight excluding hydrogens is 186 g/mol. The molecule has 1 unspecified atom stereocenters. The number of likely N-dealkylation sites (N-methyl/N-ethyl adjacent to an activating group) is 1. The second kappa shape index (κ2) is 4.67. The van der Waals surface area contributed by atoms with Crippen LogP contribution >= 0.6 is 0 Å². The Kier molecular flexibility index (Phi) is 3.27. The lowest BCUT2D eigenvalue weighted by molar-refractivity contribution is 0.279. The monoisotopic (exact) mass is 205 g/mol. The molecule has 2 rings (SSSR count). The number of aryl methyl sites for hydroxylation is 2. The van der Waals surface area contributed by atoms with Crippen molar-refractivity contribution in [3.8, 4) is 5.75 Å². The van der Waals surface area contributed by atoms with Crippen molar-refractivity contribution >= 4 is 0 Å². The van der Waals surface area contributed by atoms with Crippen molar-refractivity contribution in [3.05, 3.63) is 29.3 Å².